The number of aromatic amines is 1. The Morgan fingerprint density at radius 3 is 2.50 bits per heavy atom. The predicted octanol–water partition coefficient (Wildman–Crippen LogP) is 0.803. The number of nitriles is 1. The average molecular weight is 165 g/mol. The van der Waals surface area contributed by atoms with Crippen molar-refractivity contribution in [3.05, 3.63) is 22.1 Å². The first kappa shape index (κ1) is 8.60. The van der Waals surface area contributed by atoms with Crippen LogP contribution in [0.5, 0.6) is 0 Å². The molecule has 0 spiro atoms. The first-order chi connectivity index (χ1) is 5.45. The van der Waals surface area contributed by atoms with E-state index in [2.05, 4.69) is 5.10 Å². The van der Waals surface area contributed by atoms with Gasteiger partial charge in [-0.2, -0.15) is 5.26 Å². The molecule has 1 aromatic heterocycles. The van der Waals surface area contributed by atoms with Gasteiger partial charge in [-0.3, -0.25) is 14.6 Å². The number of rotatable bonds is 0. The summed E-state index contributed by atoms with van der Waals surface area (Å²) in [5.41, 5.74) is -0.123. The van der Waals surface area contributed by atoms with Crippen LogP contribution in [-0.2, 0) is 5.54 Å². The molecule has 0 saturated carbocycles. The molecule has 0 aliphatic heterocycles. The Morgan fingerprint density at radius 1 is 1.58 bits per heavy atom. The van der Waals surface area contributed by atoms with Gasteiger partial charge >= 0.3 is 0 Å². The zero-order chi connectivity index (χ0) is 9.35. The van der Waals surface area contributed by atoms with E-state index in [1.807, 2.05) is 26.8 Å². The molecule has 0 unspecified atom stereocenters. The fourth-order valence-corrected chi connectivity index (χ4v) is 1.00. The van der Waals surface area contributed by atoms with Crippen molar-refractivity contribution < 1.29 is 0 Å². The van der Waals surface area contributed by atoms with E-state index in [4.69, 9.17) is 5.26 Å². The molecular formula is C8H11N3O. The van der Waals surface area contributed by atoms with E-state index >= 15 is 0 Å². The van der Waals surface area contributed by atoms with Crippen LogP contribution in [0.2, 0.25) is 0 Å². The maximum absolute atomic E-state index is 10.9. The van der Waals surface area contributed by atoms with Gasteiger partial charge in [0, 0.05) is 6.07 Å². The average Bonchev–Trinajstić information content (AvgIpc) is 2.29. The fraction of sp³-hybridized carbons (Fsp3) is 0.500. The summed E-state index contributed by atoms with van der Waals surface area (Å²) in [6.45, 7) is 5.76. The maximum atomic E-state index is 10.9. The van der Waals surface area contributed by atoms with E-state index < -0.39 is 0 Å². The highest BCUT2D eigenvalue weighted by Gasteiger charge is 2.17. The molecule has 4 nitrogen and oxygen atoms in total. The molecule has 0 aromatic carbocycles. The van der Waals surface area contributed by atoms with E-state index in [0.29, 0.717) is 5.69 Å². The highest BCUT2D eigenvalue weighted by atomic mass is 16.1. The quantitative estimate of drug-likeness (QED) is 0.618. The molecule has 1 heterocycles. The van der Waals surface area contributed by atoms with Gasteiger partial charge in [0.05, 0.1) is 5.54 Å². The van der Waals surface area contributed by atoms with Gasteiger partial charge in [-0.15, -0.1) is 0 Å². The third-order valence-corrected chi connectivity index (χ3v) is 1.52. The molecule has 1 rings (SSSR count). The predicted molar refractivity (Wildman–Crippen MR) is 44.8 cm³/mol. The molecule has 0 aliphatic rings. The largest absolute Gasteiger partial charge is 0.269 e. The summed E-state index contributed by atoms with van der Waals surface area (Å²) < 4.78 is 1.56. The van der Waals surface area contributed by atoms with Crippen molar-refractivity contribution in [3.63, 3.8) is 0 Å². The van der Waals surface area contributed by atoms with E-state index in [1.54, 1.807) is 4.68 Å². The van der Waals surface area contributed by atoms with Crippen LogP contribution >= 0.6 is 0 Å². The van der Waals surface area contributed by atoms with Crippen molar-refractivity contribution in [2.75, 3.05) is 0 Å². The van der Waals surface area contributed by atoms with Gasteiger partial charge in [-0.1, -0.05) is 0 Å². The van der Waals surface area contributed by atoms with Crippen LogP contribution < -0.4 is 5.56 Å². The maximum Gasteiger partial charge on any atom is 0.265 e. The molecule has 64 valence electrons. The second-order valence-electron chi connectivity index (χ2n) is 3.62. The summed E-state index contributed by atoms with van der Waals surface area (Å²) in [5.74, 6) is 0. The zero-order valence-corrected chi connectivity index (χ0v) is 7.38. The van der Waals surface area contributed by atoms with Crippen molar-refractivity contribution in [3.8, 4) is 6.07 Å². The summed E-state index contributed by atoms with van der Waals surface area (Å²) in [4.78, 5) is 10.9. The summed E-state index contributed by atoms with van der Waals surface area (Å²) >= 11 is 0. The van der Waals surface area contributed by atoms with Crippen molar-refractivity contribution in [1.82, 2.24) is 9.78 Å². The SMILES string of the molecule is CC(C)(C)n1[nH]c(=O)cc1C#N. The Morgan fingerprint density at radius 2 is 2.17 bits per heavy atom. The van der Waals surface area contributed by atoms with E-state index in [-0.39, 0.29) is 11.1 Å². The van der Waals surface area contributed by atoms with Gasteiger partial charge < -0.3 is 0 Å². The standard InChI is InChI=1S/C8H11N3O/c1-8(2,3)11-6(5-9)4-7(12)10-11/h4H,1-3H3,(H,10,12). The number of H-pyrrole nitrogens is 1. The number of nitrogens with zero attached hydrogens (tertiary/aromatic N) is 2. The number of hydrogen-bond donors (Lipinski definition) is 1. The zero-order valence-electron chi connectivity index (χ0n) is 7.38. The van der Waals surface area contributed by atoms with Crippen molar-refractivity contribution in [2.45, 2.75) is 26.3 Å². The first-order valence-electron chi connectivity index (χ1n) is 3.68. The lowest BCUT2D eigenvalue weighted by Gasteiger charge is -2.20. The van der Waals surface area contributed by atoms with Crippen LogP contribution in [0.4, 0.5) is 0 Å². The monoisotopic (exact) mass is 165 g/mol. The van der Waals surface area contributed by atoms with Gasteiger partial charge in [0.1, 0.15) is 11.8 Å². The highest BCUT2D eigenvalue weighted by Crippen LogP contribution is 2.12. The first-order valence-corrected chi connectivity index (χ1v) is 3.68. The summed E-state index contributed by atoms with van der Waals surface area (Å²) in [6.07, 6.45) is 0. The minimum atomic E-state index is -0.256. The molecule has 1 aromatic rings. The molecule has 4 heteroatoms. The van der Waals surface area contributed by atoms with Gasteiger partial charge in [0.25, 0.3) is 5.56 Å². The van der Waals surface area contributed by atoms with Crippen molar-refractivity contribution in [2.24, 2.45) is 0 Å². The third kappa shape index (κ3) is 1.40. The number of hydrogen-bond acceptors (Lipinski definition) is 2. The Labute approximate surface area is 70.4 Å². The smallest absolute Gasteiger partial charge is 0.265 e. The Bertz CT molecular complexity index is 372. The van der Waals surface area contributed by atoms with Crippen LogP contribution in [0.3, 0.4) is 0 Å². The molecule has 0 radical (unpaired) electrons. The van der Waals surface area contributed by atoms with Crippen LogP contribution in [0.15, 0.2) is 10.9 Å². The summed E-state index contributed by atoms with van der Waals surface area (Å²) in [6, 6.07) is 3.25. The Balaban J connectivity index is 3.35. The topological polar surface area (TPSA) is 61.6 Å². The molecule has 1 N–H and O–H groups in total. The summed E-state index contributed by atoms with van der Waals surface area (Å²) in [5, 5.41) is 11.2. The molecule has 0 aliphatic carbocycles. The third-order valence-electron chi connectivity index (χ3n) is 1.52. The molecule has 0 saturated heterocycles. The Hall–Kier alpha value is -1.50. The van der Waals surface area contributed by atoms with E-state index in [9.17, 15) is 4.79 Å². The van der Waals surface area contributed by atoms with Gasteiger partial charge in [-0.25, -0.2) is 0 Å². The molecule has 0 atom stereocenters. The van der Waals surface area contributed by atoms with Crippen molar-refractivity contribution in [1.29, 1.82) is 5.26 Å². The van der Waals surface area contributed by atoms with Crippen molar-refractivity contribution >= 4 is 0 Å². The lowest BCUT2D eigenvalue weighted by atomic mass is 10.1. The molecule has 0 bridgehead atoms. The molecule has 12 heavy (non-hydrogen) atoms. The highest BCUT2D eigenvalue weighted by molar-refractivity contribution is 5.19. The van der Waals surface area contributed by atoms with Crippen LogP contribution in [0, 0.1) is 11.3 Å². The second kappa shape index (κ2) is 2.52. The van der Waals surface area contributed by atoms with E-state index in [1.165, 1.54) is 6.07 Å². The lowest BCUT2D eigenvalue weighted by molar-refractivity contribution is 0.350. The second-order valence-corrected chi connectivity index (χ2v) is 3.62. The lowest BCUT2D eigenvalue weighted by Crippen LogP contribution is -2.25. The molecular weight excluding hydrogens is 154 g/mol. The minimum absolute atomic E-state index is 0.235. The van der Waals surface area contributed by atoms with Gasteiger partial charge in [-0.05, 0) is 20.8 Å². The molecule has 0 fully saturated rings. The molecule has 0 amide bonds. The fourth-order valence-electron chi connectivity index (χ4n) is 1.00. The minimum Gasteiger partial charge on any atom is -0.269 e. The van der Waals surface area contributed by atoms with Crippen LogP contribution in [-0.4, -0.2) is 9.78 Å². The Kier molecular flexibility index (Phi) is 1.81. The van der Waals surface area contributed by atoms with Gasteiger partial charge in [0.15, 0.2) is 0 Å². The van der Waals surface area contributed by atoms with Crippen LogP contribution in [0.1, 0.15) is 26.5 Å². The van der Waals surface area contributed by atoms with E-state index in [0.717, 1.165) is 0 Å². The summed E-state index contributed by atoms with van der Waals surface area (Å²) in [7, 11) is 0. The normalized spacial score (nSPS) is 11.2. The number of nitrogens with one attached hydrogen (secondary N) is 1. The van der Waals surface area contributed by atoms with Gasteiger partial charge in [0.2, 0.25) is 0 Å². The number of aromatic nitrogens is 2. The van der Waals surface area contributed by atoms with Crippen LogP contribution in [0.25, 0.3) is 0 Å².